The topological polar surface area (TPSA) is 80.7 Å². The molecule has 0 aromatic carbocycles. The van der Waals surface area contributed by atoms with Crippen molar-refractivity contribution in [2.75, 3.05) is 0 Å². The van der Waals surface area contributed by atoms with Crippen molar-refractivity contribution < 1.29 is 24.2 Å². The summed E-state index contributed by atoms with van der Waals surface area (Å²) in [4.78, 5) is 33.2. The molecule has 0 heterocycles. The second-order valence-corrected chi connectivity index (χ2v) is 5.64. The van der Waals surface area contributed by atoms with Crippen molar-refractivity contribution >= 4 is 17.7 Å². The average molecular weight is 296 g/mol. The second kappa shape index (κ2) is 8.60. The van der Waals surface area contributed by atoms with Crippen LogP contribution in [0.1, 0.15) is 52.4 Å². The fraction of sp³-hybridized carbons (Fsp3) is 0.688. The minimum atomic E-state index is -0.786. The predicted octanol–water partition coefficient (Wildman–Crippen LogP) is 2.73. The van der Waals surface area contributed by atoms with Crippen LogP contribution in [0.3, 0.4) is 0 Å². The lowest BCUT2D eigenvalue weighted by molar-refractivity contribution is -0.143. The van der Waals surface area contributed by atoms with Gasteiger partial charge in [-0.05, 0) is 44.6 Å². The Morgan fingerprint density at radius 1 is 1.48 bits per heavy atom. The van der Waals surface area contributed by atoms with Crippen LogP contribution in [0, 0.1) is 11.8 Å². The molecule has 0 spiro atoms. The summed E-state index contributed by atoms with van der Waals surface area (Å²) in [5, 5.41) is 8.66. The number of ether oxygens (including phenoxy) is 1. The van der Waals surface area contributed by atoms with E-state index in [2.05, 4.69) is 0 Å². The molecular formula is C16H24O5. The number of rotatable bonds is 8. The lowest BCUT2D eigenvalue weighted by atomic mass is 9.88. The first kappa shape index (κ1) is 17.4. The number of carboxylic acids is 1. The number of hydrogen-bond donors (Lipinski definition) is 1. The lowest BCUT2D eigenvalue weighted by Gasteiger charge is -2.16. The zero-order valence-corrected chi connectivity index (χ0v) is 12.7. The van der Waals surface area contributed by atoms with E-state index in [0.717, 1.165) is 12.8 Å². The predicted molar refractivity (Wildman–Crippen MR) is 77.7 cm³/mol. The maximum Gasteiger partial charge on any atom is 0.303 e. The zero-order valence-electron chi connectivity index (χ0n) is 12.7. The van der Waals surface area contributed by atoms with Gasteiger partial charge in [0.25, 0.3) is 0 Å². The average Bonchev–Trinajstić information content (AvgIpc) is 2.70. The van der Waals surface area contributed by atoms with Gasteiger partial charge >= 0.3 is 11.9 Å². The van der Waals surface area contributed by atoms with Crippen LogP contribution >= 0.6 is 0 Å². The molecule has 1 aliphatic carbocycles. The van der Waals surface area contributed by atoms with E-state index in [-0.39, 0.29) is 36.1 Å². The summed E-state index contributed by atoms with van der Waals surface area (Å²) >= 11 is 0. The first-order chi connectivity index (χ1) is 9.90. The fourth-order valence-corrected chi connectivity index (χ4v) is 2.88. The summed E-state index contributed by atoms with van der Waals surface area (Å²) < 4.78 is 4.98. The first-order valence-corrected chi connectivity index (χ1v) is 7.48. The van der Waals surface area contributed by atoms with E-state index in [1.807, 2.05) is 6.08 Å². The van der Waals surface area contributed by atoms with Gasteiger partial charge in [-0.15, -0.1) is 0 Å². The van der Waals surface area contributed by atoms with Crippen molar-refractivity contribution in [3.05, 3.63) is 12.2 Å². The van der Waals surface area contributed by atoms with Crippen molar-refractivity contribution in [2.24, 2.45) is 11.8 Å². The molecule has 1 N–H and O–H groups in total. The van der Waals surface area contributed by atoms with Crippen LogP contribution in [-0.4, -0.2) is 28.9 Å². The number of Topliss-reactive ketones (excluding diaryl/α,β-unsaturated/α-hetero) is 1. The van der Waals surface area contributed by atoms with Crippen LogP contribution < -0.4 is 0 Å². The summed E-state index contributed by atoms with van der Waals surface area (Å²) in [5.41, 5.74) is 0. The molecule has 1 unspecified atom stereocenters. The molecule has 1 saturated carbocycles. The first-order valence-electron chi connectivity index (χ1n) is 7.48. The SMILES string of the molecule is CC(=O)OC(C)/C=C\C[C@H]1C(=O)CC[C@@H]1CCCC(=O)O. The van der Waals surface area contributed by atoms with Crippen molar-refractivity contribution in [1.29, 1.82) is 0 Å². The van der Waals surface area contributed by atoms with Gasteiger partial charge in [-0.1, -0.05) is 6.08 Å². The molecule has 0 aromatic rings. The Kier molecular flexibility index (Phi) is 7.12. The van der Waals surface area contributed by atoms with E-state index in [1.54, 1.807) is 13.0 Å². The van der Waals surface area contributed by atoms with Crippen molar-refractivity contribution in [1.82, 2.24) is 0 Å². The van der Waals surface area contributed by atoms with Crippen LogP contribution in [0.25, 0.3) is 0 Å². The van der Waals surface area contributed by atoms with Gasteiger partial charge in [0.05, 0.1) is 0 Å². The van der Waals surface area contributed by atoms with Crippen molar-refractivity contribution in [2.45, 2.75) is 58.5 Å². The molecule has 1 fully saturated rings. The highest BCUT2D eigenvalue weighted by atomic mass is 16.5. The molecule has 0 aliphatic heterocycles. The maximum absolute atomic E-state index is 11.9. The highest BCUT2D eigenvalue weighted by molar-refractivity contribution is 5.83. The number of esters is 1. The Bertz CT molecular complexity index is 413. The molecule has 118 valence electrons. The third-order valence-electron chi connectivity index (χ3n) is 3.86. The highest BCUT2D eigenvalue weighted by Gasteiger charge is 2.33. The van der Waals surface area contributed by atoms with E-state index in [0.29, 0.717) is 19.3 Å². The van der Waals surface area contributed by atoms with Gasteiger partial charge in [0.15, 0.2) is 0 Å². The van der Waals surface area contributed by atoms with Crippen LogP contribution in [0.2, 0.25) is 0 Å². The number of carbonyl (C=O) groups excluding carboxylic acids is 2. The van der Waals surface area contributed by atoms with Gasteiger partial charge in [0.2, 0.25) is 0 Å². The fourth-order valence-electron chi connectivity index (χ4n) is 2.88. The smallest absolute Gasteiger partial charge is 0.303 e. The highest BCUT2D eigenvalue weighted by Crippen LogP contribution is 2.35. The Balaban J connectivity index is 2.42. The summed E-state index contributed by atoms with van der Waals surface area (Å²) in [7, 11) is 0. The quantitative estimate of drug-likeness (QED) is 0.550. The van der Waals surface area contributed by atoms with E-state index in [9.17, 15) is 14.4 Å². The van der Waals surface area contributed by atoms with Crippen molar-refractivity contribution in [3.8, 4) is 0 Å². The zero-order chi connectivity index (χ0) is 15.8. The Morgan fingerprint density at radius 2 is 2.19 bits per heavy atom. The molecule has 0 radical (unpaired) electrons. The normalized spacial score (nSPS) is 23.4. The Hall–Kier alpha value is -1.65. The van der Waals surface area contributed by atoms with Crippen molar-refractivity contribution in [3.63, 3.8) is 0 Å². The molecule has 1 aliphatic rings. The number of hydrogen-bond acceptors (Lipinski definition) is 4. The molecule has 3 atom stereocenters. The standard InChI is InChI=1S/C16H24O5/c1-11(21-12(2)17)5-3-7-14-13(9-10-15(14)18)6-4-8-16(19)20/h3,5,11,13-14H,4,6-10H2,1-2H3,(H,19,20)/b5-3-/t11?,13-,14+/m0/s1. The molecule has 0 bridgehead atoms. The second-order valence-electron chi connectivity index (χ2n) is 5.64. The van der Waals surface area contributed by atoms with Gasteiger partial charge in [-0.3, -0.25) is 14.4 Å². The van der Waals surface area contributed by atoms with E-state index >= 15 is 0 Å². The molecular weight excluding hydrogens is 272 g/mol. The lowest BCUT2D eigenvalue weighted by Crippen LogP contribution is -2.15. The van der Waals surface area contributed by atoms with Gasteiger partial charge < -0.3 is 9.84 Å². The third-order valence-corrected chi connectivity index (χ3v) is 3.86. The van der Waals surface area contributed by atoms with E-state index < -0.39 is 5.97 Å². The number of carboxylic acid groups (broad SMARTS) is 1. The number of aliphatic carboxylic acids is 1. The van der Waals surface area contributed by atoms with Gasteiger partial charge in [0, 0.05) is 25.7 Å². The Labute approximate surface area is 125 Å². The van der Waals surface area contributed by atoms with Gasteiger partial charge in [-0.2, -0.15) is 0 Å². The molecule has 21 heavy (non-hydrogen) atoms. The van der Waals surface area contributed by atoms with Gasteiger partial charge in [-0.25, -0.2) is 0 Å². The van der Waals surface area contributed by atoms with Crippen LogP contribution in [0.4, 0.5) is 0 Å². The summed E-state index contributed by atoms with van der Waals surface area (Å²) in [6, 6.07) is 0. The number of allylic oxidation sites excluding steroid dienone is 1. The van der Waals surface area contributed by atoms with Crippen LogP contribution in [-0.2, 0) is 19.1 Å². The summed E-state index contributed by atoms with van der Waals surface area (Å²) in [6.45, 7) is 3.14. The monoisotopic (exact) mass is 296 g/mol. The summed E-state index contributed by atoms with van der Waals surface area (Å²) in [5.74, 6) is -0.577. The largest absolute Gasteiger partial charge is 0.481 e. The molecule has 0 aromatic heterocycles. The molecule has 1 rings (SSSR count). The minimum absolute atomic E-state index is 0.0143. The molecule has 0 saturated heterocycles. The van der Waals surface area contributed by atoms with E-state index in [4.69, 9.17) is 9.84 Å². The van der Waals surface area contributed by atoms with Gasteiger partial charge in [0.1, 0.15) is 11.9 Å². The third kappa shape index (κ3) is 6.56. The maximum atomic E-state index is 11.9. The molecule has 5 heteroatoms. The van der Waals surface area contributed by atoms with E-state index in [1.165, 1.54) is 6.92 Å². The molecule has 5 nitrogen and oxygen atoms in total. The number of ketones is 1. The molecule has 0 amide bonds. The van der Waals surface area contributed by atoms with Crippen LogP contribution in [0.5, 0.6) is 0 Å². The van der Waals surface area contributed by atoms with Crippen LogP contribution in [0.15, 0.2) is 12.2 Å². The summed E-state index contributed by atoms with van der Waals surface area (Å²) in [6.07, 6.45) is 7.07. The number of carbonyl (C=O) groups is 3. The minimum Gasteiger partial charge on any atom is -0.481 e. The Morgan fingerprint density at radius 3 is 2.81 bits per heavy atom.